The van der Waals surface area contributed by atoms with Gasteiger partial charge in [-0.15, -0.1) is 0 Å². The Hall–Kier alpha value is -1.03. The second-order valence-electron chi connectivity index (χ2n) is 5.89. The van der Waals surface area contributed by atoms with Crippen LogP contribution in [0.4, 0.5) is 5.95 Å². The van der Waals surface area contributed by atoms with E-state index in [9.17, 15) is 0 Å². The van der Waals surface area contributed by atoms with Gasteiger partial charge in [0.15, 0.2) is 0 Å². The summed E-state index contributed by atoms with van der Waals surface area (Å²) >= 11 is 0. The maximum atomic E-state index is 5.08. The number of hydrogen-bond acceptors (Lipinski definition) is 3. The fourth-order valence-electron chi connectivity index (χ4n) is 3.28. The van der Waals surface area contributed by atoms with Crippen molar-refractivity contribution in [1.29, 1.82) is 0 Å². The van der Waals surface area contributed by atoms with Gasteiger partial charge in [0, 0.05) is 38.7 Å². The van der Waals surface area contributed by atoms with Gasteiger partial charge in [0.05, 0.1) is 0 Å². The number of nitrogens with one attached hydrogen (secondary N) is 1. The van der Waals surface area contributed by atoms with Crippen molar-refractivity contribution in [1.82, 2.24) is 9.55 Å². The third-order valence-electron chi connectivity index (χ3n) is 4.38. The van der Waals surface area contributed by atoms with Crippen molar-refractivity contribution in [3.05, 3.63) is 12.4 Å². The van der Waals surface area contributed by atoms with Gasteiger partial charge in [-0.05, 0) is 38.0 Å². The first kappa shape index (κ1) is 15.4. The van der Waals surface area contributed by atoms with E-state index in [-0.39, 0.29) is 0 Å². The van der Waals surface area contributed by atoms with Gasteiger partial charge in [0.25, 0.3) is 0 Å². The maximum Gasteiger partial charge on any atom is 0.203 e. The van der Waals surface area contributed by atoms with E-state index in [1.807, 2.05) is 6.20 Å². The average Bonchev–Trinajstić information content (AvgIpc) is 2.93. The van der Waals surface area contributed by atoms with Crippen LogP contribution < -0.4 is 5.32 Å². The molecule has 1 aromatic heterocycles. The van der Waals surface area contributed by atoms with Crippen molar-refractivity contribution < 1.29 is 4.74 Å². The van der Waals surface area contributed by atoms with E-state index in [1.165, 1.54) is 38.5 Å². The minimum absolute atomic E-state index is 0.635. The summed E-state index contributed by atoms with van der Waals surface area (Å²) in [5.41, 5.74) is 0. The van der Waals surface area contributed by atoms with Crippen molar-refractivity contribution in [3.63, 3.8) is 0 Å². The predicted molar refractivity (Wildman–Crippen MR) is 83.1 cm³/mol. The maximum absolute atomic E-state index is 5.08. The molecule has 0 saturated heterocycles. The zero-order valence-electron chi connectivity index (χ0n) is 13.0. The smallest absolute Gasteiger partial charge is 0.203 e. The van der Waals surface area contributed by atoms with E-state index < -0.39 is 0 Å². The summed E-state index contributed by atoms with van der Waals surface area (Å²) in [5, 5.41) is 3.43. The third kappa shape index (κ3) is 4.23. The Morgan fingerprint density at radius 3 is 2.85 bits per heavy atom. The van der Waals surface area contributed by atoms with Crippen LogP contribution in [0.5, 0.6) is 0 Å². The lowest BCUT2D eigenvalue weighted by Gasteiger charge is -2.30. The van der Waals surface area contributed by atoms with Gasteiger partial charge in [-0.3, -0.25) is 0 Å². The highest BCUT2D eigenvalue weighted by Crippen LogP contribution is 2.35. The lowest BCUT2D eigenvalue weighted by atomic mass is 9.83. The molecule has 0 aliphatic heterocycles. The zero-order chi connectivity index (χ0) is 14.2. The molecule has 1 heterocycles. The molecule has 0 radical (unpaired) electrons. The second kappa shape index (κ2) is 8.30. The second-order valence-corrected chi connectivity index (χ2v) is 5.89. The lowest BCUT2D eigenvalue weighted by Crippen LogP contribution is -2.20. The molecule has 0 amide bonds. The molecular weight excluding hydrogens is 250 g/mol. The first-order valence-electron chi connectivity index (χ1n) is 8.10. The summed E-state index contributed by atoms with van der Waals surface area (Å²) in [7, 11) is 1.75. The van der Waals surface area contributed by atoms with E-state index in [0.717, 1.165) is 31.4 Å². The molecule has 1 N–H and O–H groups in total. The molecule has 4 heteroatoms. The van der Waals surface area contributed by atoms with Crippen molar-refractivity contribution >= 4 is 5.95 Å². The van der Waals surface area contributed by atoms with Crippen LogP contribution in [0.25, 0.3) is 0 Å². The molecule has 0 unspecified atom stereocenters. The van der Waals surface area contributed by atoms with Gasteiger partial charge in [0.2, 0.25) is 5.95 Å². The molecule has 4 nitrogen and oxygen atoms in total. The van der Waals surface area contributed by atoms with Gasteiger partial charge < -0.3 is 14.6 Å². The van der Waals surface area contributed by atoms with E-state index in [2.05, 4.69) is 28.0 Å². The molecule has 0 spiro atoms. The summed E-state index contributed by atoms with van der Waals surface area (Å²) < 4.78 is 7.42. The van der Waals surface area contributed by atoms with E-state index in [1.54, 1.807) is 7.11 Å². The summed E-state index contributed by atoms with van der Waals surface area (Å²) in [6, 6.07) is 0.635. The van der Waals surface area contributed by atoms with Crippen LogP contribution in [-0.4, -0.2) is 29.8 Å². The Labute approximate surface area is 122 Å². The lowest BCUT2D eigenvalue weighted by molar-refractivity contribution is 0.197. The third-order valence-corrected chi connectivity index (χ3v) is 4.38. The summed E-state index contributed by atoms with van der Waals surface area (Å²) in [6.07, 6.45) is 13.1. The molecule has 0 aromatic carbocycles. The molecule has 2 rings (SSSR count). The SMILES string of the molecule is CCCC1CCC(n2ccnc2NCCCOC)CC1. The molecule has 0 bridgehead atoms. The fourth-order valence-corrected chi connectivity index (χ4v) is 3.28. The largest absolute Gasteiger partial charge is 0.385 e. The normalized spacial score (nSPS) is 22.9. The molecule has 114 valence electrons. The molecule has 1 saturated carbocycles. The Morgan fingerprint density at radius 1 is 1.35 bits per heavy atom. The molecule has 1 aliphatic rings. The van der Waals surface area contributed by atoms with Crippen LogP contribution in [0.2, 0.25) is 0 Å². The Bertz CT molecular complexity index is 370. The van der Waals surface area contributed by atoms with E-state index in [0.29, 0.717) is 6.04 Å². The van der Waals surface area contributed by atoms with Gasteiger partial charge in [0.1, 0.15) is 0 Å². The summed E-state index contributed by atoms with van der Waals surface area (Å²) in [4.78, 5) is 4.46. The van der Waals surface area contributed by atoms with Crippen molar-refractivity contribution in [2.45, 2.75) is 57.9 Å². The van der Waals surface area contributed by atoms with Crippen LogP contribution in [0.15, 0.2) is 12.4 Å². The number of imidazole rings is 1. The fraction of sp³-hybridized carbons (Fsp3) is 0.812. The molecule has 1 aromatic rings. The van der Waals surface area contributed by atoms with E-state index in [4.69, 9.17) is 4.74 Å². The van der Waals surface area contributed by atoms with Crippen LogP contribution in [0.1, 0.15) is 57.9 Å². The molecule has 1 fully saturated rings. The van der Waals surface area contributed by atoms with Crippen molar-refractivity contribution in [2.24, 2.45) is 5.92 Å². The average molecular weight is 279 g/mol. The minimum atomic E-state index is 0.635. The van der Waals surface area contributed by atoms with Gasteiger partial charge in [-0.25, -0.2) is 4.98 Å². The summed E-state index contributed by atoms with van der Waals surface area (Å²) in [5.74, 6) is 1.98. The first-order chi connectivity index (χ1) is 9.85. The highest BCUT2D eigenvalue weighted by atomic mass is 16.5. The standard InChI is InChI=1S/C16H29N3O/c1-3-5-14-6-8-15(9-7-14)19-12-11-18-16(19)17-10-4-13-20-2/h11-12,14-15H,3-10,13H2,1-2H3,(H,17,18). The number of aromatic nitrogens is 2. The quantitative estimate of drug-likeness (QED) is 0.734. The first-order valence-corrected chi connectivity index (χ1v) is 8.10. The number of rotatable bonds is 8. The zero-order valence-corrected chi connectivity index (χ0v) is 13.0. The number of nitrogens with zero attached hydrogens (tertiary/aromatic N) is 2. The number of ether oxygens (including phenoxy) is 1. The number of anilines is 1. The molecule has 20 heavy (non-hydrogen) atoms. The van der Waals surface area contributed by atoms with Gasteiger partial charge in [-0.1, -0.05) is 19.8 Å². The number of methoxy groups -OCH3 is 1. The van der Waals surface area contributed by atoms with Gasteiger partial charge in [-0.2, -0.15) is 0 Å². The van der Waals surface area contributed by atoms with Gasteiger partial charge >= 0.3 is 0 Å². The predicted octanol–water partition coefficient (Wildman–Crippen LogP) is 3.86. The highest BCUT2D eigenvalue weighted by molar-refractivity contribution is 5.26. The summed E-state index contributed by atoms with van der Waals surface area (Å²) in [6.45, 7) is 4.02. The molecule has 0 atom stereocenters. The van der Waals surface area contributed by atoms with Crippen LogP contribution >= 0.6 is 0 Å². The molecular formula is C16H29N3O. The van der Waals surface area contributed by atoms with Crippen LogP contribution in [0.3, 0.4) is 0 Å². The Balaban J connectivity index is 1.82. The minimum Gasteiger partial charge on any atom is -0.385 e. The topological polar surface area (TPSA) is 39.1 Å². The highest BCUT2D eigenvalue weighted by Gasteiger charge is 2.23. The monoisotopic (exact) mass is 279 g/mol. The van der Waals surface area contributed by atoms with Crippen molar-refractivity contribution in [2.75, 3.05) is 25.6 Å². The van der Waals surface area contributed by atoms with E-state index >= 15 is 0 Å². The Kier molecular flexibility index (Phi) is 6.37. The molecule has 1 aliphatic carbocycles. The van der Waals surface area contributed by atoms with Crippen LogP contribution in [0, 0.1) is 5.92 Å². The van der Waals surface area contributed by atoms with Crippen LogP contribution in [-0.2, 0) is 4.74 Å². The Morgan fingerprint density at radius 2 is 2.15 bits per heavy atom. The van der Waals surface area contributed by atoms with Crippen molar-refractivity contribution in [3.8, 4) is 0 Å². The number of hydrogen-bond donors (Lipinski definition) is 1.